The number of nitrogens with one attached hydrogen (secondary N) is 1. The standard InChI is InChI=1S/C19H26N2O5/c1-2-25-14(22)10-21-11-19-9-8-13(26-19)15(16(19)18(21)24)17(23)20-12-6-4-3-5-7-12/h8-9,12-13,15-16H,2-7,10-11H2,1H3,(H,20,23)/t13-,15?,16-,19?/m1/s1. The Morgan fingerprint density at radius 1 is 1.35 bits per heavy atom. The molecule has 1 N–H and O–H groups in total. The molecule has 2 unspecified atom stereocenters. The maximum atomic E-state index is 12.9. The summed E-state index contributed by atoms with van der Waals surface area (Å²) in [6, 6.07) is 0.197. The molecule has 26 heavy (non-hydrogen) atoms. The summed E-state index contributed by atoms with van der Waals surface area (Å²) in [7, 11) is 0. The van der Waals surface area contributed by atoms with E-state index in [9.17, 15) is 14.4 Å². The first kappa shape index (κ1) is 17.5. The van der Waals surface area contributed by atoms with E-state index in [0.29, 0.717) is 6.54 Å². The van der Waals surface area contributed by atoms with Crippen LogP contribution in [0.2, 0.25) is 0 Å². The highest BCUT2D eigenvalue weighted by atomic mass is 16.5. The first-order chi connectivity index (χ1) is 12.5. The van der Waals surface area contributed by atoms with Crippen molar-refractivity contribution in [3.05, 3.63) is 12.2 Å². The molecule has 0 aromatic heterocycles. The van der Waals surface area contributed by atoms with Crippen LogP contribution in [-0.2, 0) is 23.9 Å². The predicted molar refractivity (Wildman–Crippen MR) is 92.0 cm³/mol. The fourth-order valence-electron chi connectivity index (χ4n) is 4.92. The Bertz CT molecular complexity index is 642. The largest absolute Gasteiger partial charge is 0.465 e. The fourth-order valence-corrected chi connectivity index (χ4v) is 4.92. The SMILES string of the molecule is CCOC(=O)CN1CC23C=C[C@@H](O2)C(C(=O)NC2CCCCC2)[C@@H]3C1=O. The molecule has 2 amide bonds. The van der Waals surface area contributed by atoms with Crippen LogP contribution in [0.15, 0.2) is 12.2 Å². The predicted octanol–water partition coefficient (Wildman–Crippen LogP) is 0.780. The monoisotopic (exact) mass is 362 g/mol. The van der Waals surface area contributed by atoms with Crippen molar-refractivity contribution >= 4 is 17.8 Å². The quantitative estimate of drug-likeness (QED) is 0.577. The normalized spacial score (nSPS) is 35.7. The third-order valence-corrected chi connectivity index (χ3v) is 6.06. The first-order valence-electron chi connectivity index (χ1n) is 9.66. The molecule has 1 spiro atoms. The van der Waals surface area contributed by atoms with Gasteiger partial charge in [-0.3, -0.25) is 14.4 Å². The van der Waals surface area contributed by atoms with E-state index in [4.69, 9.17) is 9.47 Å². The topological polar surface area (TPSA) is 84.9 Å². The van der Waals surface area contributed by atoms with Gasteiger partial charge in [-0.15, -0.1) is 0 Å². The van der Waals surface area contributed by atoms with Gasteiger partial charge in [0.1, 0.15) is 12.1 Å². The lowest BCUT2D eigenvalue weighted by Gasteiger charge is -2.28. The van der Waals surface area contributed by atoms with Crippen molar-refractivity contribution in [1.29, 1.82) is 0 Å². The molecule has 4 aliphatic rings. The molecule has 2 saturated heterocycles. The van der Waals surface area contributed by atoms with Gasteiger partial charge in [0.05, 0.1) is 31.1 Å². The van der Waals surface area contributed by atoms with Crippen molar-refractivity contribution in [3.8, 4) is 0 Å². The molecule has 1 aliphatic carbocycles. The maximum Gasteiger partial charge on any atom is 0.325 e. The fraction of sp³-hybridized carbons (Fsp3) is 0.737. The highest BCUT2D eigenvalue weighted by Gasteiger charge is 2.67. The van der Waals surface area contributed by atoms with Gasteiger partial charge in [0.15, 0.2) is 0 Å². The van der Waals surface area contributed by atoms with Gasteiger partial charge >= 0.3 is 5.97 Å². The molecular formula is C19H26N2O5. The summed E-state index contributed by atoms with van der Waals surface area (Å²) in [5, 5.41) is 3.14. The summed E-state index contributed by atoms with van der Waals surface area (Å²) in [5.74, 6) is -1.77. The van der Waals surface area contributed by atoms with Gasteiger partial charge in [0.25, 0.3) is 0 Å². The van der Waals surface area contributed by atoms with Crippen LogP contribution in [0.1, 0.15) is 39.0 Å². The van der Waals surface area contributed by atoms with Crippen LogP contribution < -0.4 is 5.32 Å². The molecule has 3 aliphatic heterocycles. The number of hydrogen-bond acceptors (Lipinski definition) is 5. The molecule has 2 bridgehead atoms. The summed E-state index contributed by atoms with van der Waals surface area (Å²) in [5.41, 5.74) is -0.775. The van der Waals surface area contributed by atoms with Crippen LogP contribution in [0, 0.1) is 11.8 Å². The van der Waals surface area contributed by atoms with Gasteiger partial charge in [-0.25, -0.2) is 0 Å². The molecular weight excluding hydrogens is 336 g/mol. The van der Waals surface area contributed by atoms with E-state index in [2.05, 4.69) is 5.32 Å². The molecule has 4 rings (SSSR count). The summed E-state index contributed by atoms with van der Waals surface area (Å²) >= 11 is 0. The second kappa shape index (κ2) is 6.68. The number of amides is 2. The molecule has 7 nitrogen and oxygen atoms in total. The van der Waals surface area contributed by atoms with E-state index in [0.717, 1.165) is 25.7 Å². The first-order valence-corrected chi connectivity index (χ1v) is 9.66. The number of rotatable bonds is 5. The number of ether oxygens (including phenoxy) is 2. The van der Waals surface area contributed by atoms with E-state index < -0.39 is 23.4 Å². The molecule has 0 aromatic rings. The van der Waals surface area contributed by atoms with E-state index in [-0.39, 0.29) is 37.1 Å². The summed E-state index contributed by atoms with van der Waals surface area (Å²) < 4.78 is 11.0. The zero-order valence-corrected chi connectivity index (χ0v) is 15.1. The lowest BCUT2D eigenvalue weighted by molar-refractivity contribution is -0.149. The third kappa shape index (κ3) is 2.82. The summed E-state index contributed by atoms with van der Waals surface area (Å²) in [6.45, 7) is 2.22. The number of carbonyl (C=O) groups excluding carboxylic acids is 3. The highest BCUT2D eigenvalue weighted by molar-refractivity contribution is 5.94. The van der Waals surface area contributed by atoms with E-state index in [1.807, 2.05) is 12.2 Å². The molecule has 3 fully saturated rings. The minimum atomic E-state index is -0.775. The van der Waals surface area contributed by atoms with Crippen LogP contribution in [0.5, 0.6) is 0 Å². The van der Waals surface area contributed by atoms with E-state index in [1.165, 1.54) is 11.3 Å². The maximum absolute atomic E-state index is 12.9. The van der Waals surface area contributed by atoms with Gasteiger partial charge in [0, 0.05) is 6.04 Å². The van der Waals surface area contributed by atoms with Crippen molar-refractivity contribution in [3.63, 3.8) is 0 Å². The van der Waals surface area contributed by atoms with Crippen molar-refractivity contribution in [2.75, 3.05) is 19.7 Å². The van der Waals surface area contributed by atoms with Crippen molar-refractivity contribution in [1.82, 2.24) is 10.2 Å². The van der Waals surface area contributed by atoms with Crippen LogP contribution in [0.25, 0.3) is 0 Å². The zero-order chi connectivity index (χ0) is 18.3. The number of fused-ring (bicyclic) bond motifs is 1. The summed E-state index contributed by atoms with van der Waals surface area (Å²) in [4.78, 5) is 39.1. The smallest absolute Gasteiger partial charge is 0.325 e. The van der Waals surface area contributed by atoms with Crippen molar-refractivity contribution in [2.24, 2.45) is 11.8 Å². The second-order valence-electron chi connectivity index (χ2n) is 7.74. The molecule has 4 atom stereocenters. The number of nitrogens with zero attached hydrogens (tertiary/aromatic N) is 1. The molecule has 7 heteroatoms. The highest BCUT2D eigenvalue weighted by Crippen LogP contribution is 2.51. The Kier molecular flexibility index (Phi) is 4.50. The van der Waals surface area contributed by atoms with Gasteiger partial charge in [-0.2, -0.15) is 0 Å². The molecule has 1 saturated carbocycles. The Balaban J connectivity index is 1.48. The number of carbonyl (C=O) groups is 3. The zero-order valence-electron chi connectivity index (χ0n) is 15.1. The molecule has 142 valence electrons. The average Bonchev–Trinajstić information content (AvgIpc) is 3.25. The van der Waals surface area contributed by atoms with Crippen LogP contribution in [0.3, 0.4) is 0 Å². The lowest BCUT2D eigenvalue weighted by atomic mass is 9.76. The second-order valence-corrected chi connectivity index (χ2v) is 7.74. The van der Waals surface area contributed by atoms with Crippen molar-refractivity contribution < 1.29 is 23.9 Å². The van der Waals surface area contributed by atoms with Gasteiger partial charge in [-0.1, -0.05) is 31.4 Å². The Hall–Kier alpha value is -1.89. The average molecular weight is 362 g/mol. The van der Waals surface area contributed by atoms with Crippen molar-refractivity contribution in [2.45, 2.75) is 56.8 Å². The van der Waals surface area contributed by atoms with E-state index in [1.54, 1.807) is 6.92 Å². The molecule has 3 heterocycles. The summed E-state index contributed by atoms with van der Waals surface area (Å²) in [6.07, 6.45) is 8.93. The number of hydrogen-bond donors (Lipinski definition) is 1. The minimum Gasteiger partial charge on any atom is -0.465 e. The van der Waals surface area contributed by atoms with E-state index >= 15 is 0 Å². The number of esters is 1. The van der Waals surface area contributed by atoms with Gasteiger partial charge in [-0.05, 0) is 19.8 Å². The minimum absolute atomic E-state index is 0.0931. The molecule has 0 radical (unpaired) electrons. The van der Waals surface area contributed by atoms with Gasteiger partial charge < -0.3 is 19.7 Å². The Labute approximate surface area is 153 Å². The van der Waals surface area contributed by atoms with Crippen LogP contribution >= 0.6 is 0 Å². The number of likely N-dealkylation sites (tertiary alicyclic amines) is 1. The third-order valence-electron chi connectivity index (χ3n) is 6.06. The Morgan fingerprint density at radius 2 is 2.12 bits per heavy atom. The van der Waals surface area contributed by atoms with Crippen LogP contribution in [-0.4, -0.2) is 60.1 Å². The van der Waals surface area contributed by atoms with Crippen LogP contribution in [0.4, 0.5) is 0 Å². The Morgan fingerprint density at radius 3 is 2.85 bits per heavy atom. The lowest BCUT2D eigenvalue weighted by Crippen LogP contribution is -2.47. The van der Waals surface area contributed by atoms with Gasteiger partial charge in [0.2, 0.25) is 11.8 Å². The molecule has 0 aromatic carbocycles.